The Morgan fingerprint density at radius 1 is 1.30 bits per heavy atom. The molecule has 1 fully saturated rings. The van der Waals surface area contributed by atoms with Gasteiger partial charge >= 0.3 is 0 Å². The van der Waals surface area contributed by atoms with Crippen LogP contribution in [0.5, 0.6) is 0 Å². The Hall–Kier alpha value is -0.710. The zero-order valence-corrected chi connectivity index (χ0v) is 13.6. The topological polar surface area (TPSA) is 32.3 Å². The Morgan fingerprint density at radius 2 is 2.05 bits per heavy atom. The van der Waals surface area contributed by atoms with E-state index < -0.39 is 0 Å². The van der Waals surface area contributed by atoms with Crippen LogP contribution in [0.25, 0.3) is 0 Å². The molecule has 0 bridgehead atoms. The maximum atomic E-state index is 11.4. The molecule has 1 aromatic rings. The number of rotatable bonds is 7. The predicted octanol–water partition coefficient (Wildman–Crippen LogP) is 2.93. The molecule has 0 unspecified atom stereocenters. The third kappa shape index (κ3) is 5.35. The van der Waals surface area contributed by atoms with Crippen molar-refractivity contribution in [2.45, 2.75) is 30.7 Å². The second-order valence-corrected chi connectivity index (χ2v) is 5.74. The SMILES string of the molecule is CSc1ccc(CNCCCN2CCCC2=O)cc1.Cl. The average Bonchev–Trinajstić information content (AvgIpc) is 2.85. The van der Waals surface area contributed by atoms with Crippen molar-refractivity contribution in [1.29, 1.82) is 0 Å². The molecular formula is C15H23ClN2OS. The van der Waals surface area contributed by atoms with Crippen LogP contribution in [0.3, 0.4) is 0 Å². The van der Waals surface area contributed by atoms with Gasteiger partial charge in [0.15, 0.2) is 0 Å². The maximum Gasteiger partial charge on any atom is 0.222 e. The fourth-order valence-corrected chi connectivity index (χ4v) is 2.72. The molecule has 0 aromatic heterocycles. The lowest BCUT2D eigenvalue weighted by Crippen LogP contribution is -2.28. The van der Waals surface area contributed by atoms with Gasteiger partial charge in [0.2, 0.25) is 5.91 Å². The lowest BCUT2D eigenvalue weighted by molar-refractivity contribution is -0.127. The molecule has 2 rings (SSSR count). The van der Waals surface area contributed by atoms with Gasteiger partial charge in [0.25, 0.3) is 0 Å². The molecule has 1 heterocycles. The monoisotopic (exact) mass is 314 g/mol. The molecule has 112 valence electrons. The third-order valence-electron chi connectivity index (χ3n) is 3.44. The first kappa shape index (κ1) is 17.3. The normalized spacial score (nSPS) is 14.4. The minimum atomic E-state index is 0. The molecule has 3 nitrogen and oxygen atoms in total. The Balaban J connectivity index is 0.00000200. The van der Waals surface area contributed by atoms with Gasteiger partial charge in [-0.15, -0.1) is 24.2 Å². The lowest BCUT2D eigenvalue weighted by Gasteiger charge is -2.15. The van der Waals surface area contributed by atoms with Gasteiger partial charge in [-0.2, -0.15) is 0 Å². The van der Waals surface area contributed by atoms with Crippen molar-refractivity contribution in [1.82, 2.24) is 10.2 Å². The van der Waals surface area contributed by atoms with Gasteiger partial charge in [-0.1, -0.05) is 12.1 Å². The molecule has 1 amide bonds. The van der Waals surface area contributed by atoms with Gasteiger partial charge in [0.1, 0.15) is 0 Å². The van der Waals surface area contributed by atoms with Crippen molar-refractivity contribution >= 4 is 30.1 Å². The Kier molecular flexibility index (Phi) is 8.04. The number of hydrogen-bond acceptors (Lipinski definition) is 3. The molecule has 0 aliphatic carbocycles. The van der Waals surface area contributed by atoms with E-state index in [-0.39, 0.29) is 12.4 Å². The lowest BCUT2D eigenvalue weighted by atomic mass is 10.2. The summed E-state index contributed by atoms with van der Waals surface area (Å²) in [6, 6.07) is 8.65. The molecule has 1 N–H and O–H groups in total. The minimum absolute atomic E-state index is 0. The van der Waals surface area contributed by atoms with Gasteiger partial charge in [0.05, 0.1) is 0 Å². The Bertz CT molecular complexity index is 411. The van der Waals surface area contributed by atoms with Crippen LogP contribution in [-0.2, 0) is 11.3 Å². The van der Waals surface area contributed by atoms with Gasteiger partial charge in [-0.25, -0.2) is 0 Å². The highest BCUT2D eigenvalue weighted by molar-refractivity contribution is 7.98. The van der Waals surface area contributed by atoms with E-state index in [4.69, 9.17) is 0 Å². The smallest absolute Gasteiger partial charge is 0.222 e. The number of nitrogens with zero attached hydrogens (tertiary/aromatic N) is 1. The van der Waals surface area contributed by atoms with E-state index in [0.29, 0.717) is 5.91 Å². The van der Waals surface area contributed by atoms with Gasteiger partial charge in [0, 0.05) is 31.0 Å². The Morgan fingerprint density at radius 3 is 2.65 bits per heavy atom. The third-order valence-corrected chi connectivity index (χ3v) is 4.18. The van der Waals surface area contributed by atoms with Crippen LogP contribution in [0.1, 0.15) is 24.8 Å². The van der Waals surface area contributed by atoms with Crippen LogP contribution in [0.2, 0.25) is 0 Å². The summed E-state index contributed by atoms with van der Waals surface area (Å²) < 4.78 is 0. The zero-order valence-electron chi connectivity index (χ0n) is 11.9. The Labute approximate surface area is 131 Å². The highest BCUT2D eigenvalue weighted by atomic mass is 35.5. The highest BCUT2D eigenvalue weighted by Gasteiger charge is 2.18. The summed E-state index contributed by atoms with van der Waals surface area (Å²) in [6.07, 6.45) is 4.91. The highest BCUT2D eigenvalue weighted by Crippen LogP contribution is 2.14. The minimum Gasteiger partial charge on any atom is -0.343 e. The quantitative estimate of drug-likeness (QED) is 0.620. The van der Waals surface area contributed by atoms with Gasteiger partial charge in [-0.05, 0) is 43.3 Å². The zero-order chi connectivity index (χ0) is 13.5. The molecule has 0 radical (unpaired) electrons. The number of carbonyl (C=O) groups is 1. The number of hydrogen-bond donors (Lipinski definition) is 1. The van der Waals surface area contributed by atoms with Gasteiger partial charge in [-0.3, -0.25) is 4.79 Å². The van der Waals surface area contributed by atoms with Crippen molar-refractivity contribution in [3.8, 4) is 0 Å². The number of halogens is 1. The molecule has 20 heavy (non-hydrogen) atoms. The second-order valence-electron chi connectivity index (χ2n) is 4.86. The van der Waals surface area contributed by atoms with Crippen molar-refractivity contribution in [2.24, 2.45) is 0 Å². The number of nitrogens with one attached hydrogen (secondary N) is 1. The van der Waals surface area contributed by atoms with E-state index in [2.05, 4.69) is 35.8 Å². The molecule has 1 aromatic carbocycles. The van der Waals surface area contributed by atoms with Gasteiger partial charge < -0.3 is 10.2 Å². The summed E-state index contributed by atoms with van der Waals surface area (Å²) in [5.41, 5.74) is 1.31. The summed E-state index contributed by atoms with van der Waals surface area (Å²) in [5, 5.41) is 3.43. The van der Waals surface area contributed by atoms with E-state index in [9.17, 15) is 4.79 Å². The van der Waals surface area contributed by atoms with Crippen LogP contribution >= 0.6 is 24.2 Å². The van der Waals surface area contributed by atoms with Crippen molar-refractivity contribution in [3.63, 3.8) is 0 Å². The molecule has 0 atom stereocenters. The molecule has 5 heteroatoms. The summed E-state index contributed by atoms with van der Waals surface area (Å²) in [6.45, 7) is 3.73. The standard InChI is InChI=1S/C15H22N2OS.ClH/c1-19-14-7-5-13(6-8-14)12-16-9-3-11-17-10-2-4-15(17)18;/h5-8,16H,2-4,9-12H2,1H3;1H. The number of benzene rings is 1. The fourth-order valence-electron chi connectivity index (χ4n) is 2.31. The second kappa shape index (κ2) is 9.27. The molecule has 0 spiro atoms. The van der Waals surface area contributed by atoms with Crippen molar-refractivity contribution in [2.75, 3.05) is 25.9 Å². The predicted molar refractivity (Wildman–Crippen MR) is 87.6 cm³/mol. The first-order valence-electron chi connectivity index (χ1n) is 6.91. The molecule has 1 saturated heterocycles. The number of thioether (sulfide) groups is 1. The van der Waals surface area contributed by atoms with E-state index in [1.54, 1.807) is 11.8 Å². The summed E-state index contributed by atoms with van der Waals surface area (Å²) >= 11 is 1.77. The number of likely N-dealkylation sites (tertiary alicyclic amines) is 1. The van der Waals surface area contributed by atoms with Crippen LogP contribution in [-0.4, -0.2) is 36.7 Å². The largest absolute Gasteiger partial charge is 0.343 e. The first-order chi connectivity index (χ1) is 9.29. The average molecular weight is 315 g/mol. The number of amides is 1. The molecular weight excluding hydrogens is 292 g/mol. The summed E-state index contributed by atoms with van der Waals surface area (Å²) in [4.78, 5) is 14.7. The van der Waals surface area contributed by atoms with E-state index in [1.807, 2.05) is 4.90 Å². The molecule has 1 aliphatic heterocycles. The summed E-state index contributed by atoms with van der Waals surface area (Å²) in [7, 11) is 0. The first-order valence-corrected chi connectivity index (χ1v) is 8.13. The van der Waals surface area contributed by atoms with Crippen LogP contribution in [0.15, 0.2) is 29.2 Å². The van der Waals surface area contributed by atoms with E-state index in [1.165, 1.54) is 10.5 Å². The van der Waals surface area contributed by atoms with E-state index >= 15 is 0 Å². The summed E-state index contributed by atoms with van der Waals surface area (Å²) in [5.74, 6) is 0.327. The molecule has 0 saturated carbocycles. The van der Waals surface area contributed by atoms with E-state index in [0.717, 1.165) is 45.4 Å². The molecule has 1 aliphatic rings. The van der Waals surface area contributed by atoms with Crippen LogP contribution < -0.4 is 5.32 Å². The van der Waals surface area contributed by atoms with Crippen LogP contribution in [0, 0.1) is 0 Å². The number of carbonyl (C=O) groups excluding carboxylic acids is 1. The van der Waals surface area contributed by atoms with Crippen LogP contribution in [0.4, 0.5) is 0 Å². The fraction of sp³-hybridized carbons (Fsp3) is 0.533. The van der Waals surface area contributed by atoms with Crippen molar-refractivity contribution in [3.05, 3.63) is 29.8 Å². The maximum absolute atomic E-state index is 11.4. The van der Waals surface area contributed by atoms with Crippen molar-refractivity contribution < 1.29 is 4.79 Å².